The van der Waals surface area contributed by atoms with Gasteiger partial charge in [-0.2, -0.15) is 0 Å². The summed E-state index contributed by atoms with van der Waals surface area (Å²) in [5.74, 6) is 4.81. The van der Waals surface area contributed by atoms with Gasteiger partial charge in [-0.05, 0) is 70.9 Å². The molecule has 0 bridgehead atoms. The van der Waals surface area contributed by atoms with Crippen LogP contribution in [0.3, 0.4) is 0 Å². The quantitative estimate of drug-likeness (QED) is 0.0309. The summed E-state index contributed by atoms with van der Waals surface area (Å²) < 4.78 is 16.0. The zero-order valence-corrected chi connectivity index (χ0v) is 27.7. The van der Waals surface area contributed by atoms with E-state index in [2.05, 4.69) is 43.1 Å². The first kappa shape index (κ1) is 39.7. The van der Waals surface area contributed by atoms with E-state index in [0.717, 1.165) is 49.7 Å². The van der Waals surface area contributed by atoms with Crippen LogP contribution >= 0.6 is 0 Å². The molecule has 6 nitrogen and oxygen atoms in total. The molecule has 0 aromatic heterocycles. The van der Waals surface area contributed by atoms with Gasteiger partial charge in [0.05, 0.1) is 12.9 Å². The van der Waals surface area contributed by atoms with Gasteiger partial charge < -0.3 is 14.2 Å². The summed E-state index contributed by atoms with van der Waals surface area (Å²) in [4.78, 5) is 35.5. The highest BCUT2D eigenvalue weighted by Gasteiger charge is 2.18. The molecule has 1 unspecified atom stereocenters. The molecule has 43 heavy (non-hydrogen) atoms. The fourth-order valence-electron chi connectivity index (χ4n) is 3.99. The van der Waals surface area contributed by atoms with Gasteiger partial charge in [0, 0.05) is 38.7 Å². The summed E-state index contributed by atoms with van der Waals surface area (Å²) >= 11 is 0. The lowest BCUT2D eigenvalue weighted by Gasteiger charge is -2.19. The summed E-state index contributed by atoms with van der Waals surface area (Å²) in [6, 6.07) is 0. The number of carbonyl (C=O) groups excluding carboxylic acids is 3. The number of allylic oxidation sites excluding steroid dienone is 7. The van der Waals surface area contributed by atoms with E-state index in [4.69, 9.17) is 14.2 Å². The fourth-order valence-corrected chi connectivity index (χ4v) is 3.99. The largest absolute Gasteiger partial charge is 0.465 e. The predicted molar refractivity (Wildman–Crippen MR) is 176 cm³/mol. The molecule has 240 valence electrons. The van der Waals surface area contributed by atoms with E-state index >= 15 is 0 Å². The lowest BCUT2D eigenvalue weighted by atomic mass is 10.0. The maximum atomic E-state index is 12.3. The minimum atomic E-state index is -0.669. The average Bonchev–Trinajstić information content (AvgIpc) is 2.94. The molecule has 0 aromatic carbocycles. The van der Waals surface area contributed by atoms with Crippen LogP contribution in [-0.4, -0.2) is 30.6 Å². The predicted octanol–water partition coefficient (Wildman–Crippen LogP) is 9.42. The molecule has 6 heteroatoms. The van der Waals surface area contributed by atoms with Crippen LogP contribution in [0.2, 0.25) is 0 Å². The van der Waals surface area contributed by atoms with Gasteiger partial charge in [-0.15, -0.1) is 0 Å². The summed E-state index contributed by atoms with van der Waals surface area (Å²) in [5.41, 5.74) is 2.48. The molecule has 0 fully saturated rings. The van der Waals surface area contributed by atoms with Crippen molar-refractivity contribution in [1.82, 2.24) is 0 Å². The Morgan fingerprint density at radius 3 is 2.05 bits per heavy atom. The van der Waals surface area contributed by atoms with Crippen molar-refractivity contribution < 1.29 is 28.6 Å². The fraction of sp³-hybridized carbons (Fsp3) is 0.595. The number of ether oxygens (including phenoxy) is 3. The zero-order chi connectivity index (χ0) is 32.1. The monoisotopic (exact) mass is 596 g/mol. The molecule has 0 spiro atoms. The van der Waals surface area contributed by atoms with Crippen LogP contribution in [0.5, 0.6) is 0 Å². The van der Waals surface area contributed by atoms with Crippen molar-refractivity contribution in [3.8, 4) is 11.8 Å². The van der Waals surface area contributed by atoms with Gasteiger partial charge in [0.15, 0.2) is 0 Å². The van der Waals surface area contributed by atoms with Gasteiger partial charge in [-0.3, -0.25) is 14.4 Å². The first-order valence-corrected chi connectivity index (χ1v) is 16.0. The van der Waals surface area contributed by atoms with Crippen molar-refractivity contribution in [2.24, 2.45) is 0 Å². The van der Waals surface area contributed by atoms with Gasteiger partial charge in [-0.25, -0.2) is 0 Å². The standard InChI is InChI=1S/C37H56O6/c1-7-8-9-10-11-12-13-14-15-16-17-18-19-20-21-25-37(40)41-29-28-35(30-42-33(5)38)36(43-34(6)39)27-26-32(4)24-22-23-31(2)3/h11-12,14-15,23,26,30,36H,7-10,13,16-21,25,27-29H2,1-6H3. The van der Waals surface area contributed by atoms with Crippen LogP contribution in [0.1, 0.15) is 131 Å². The van der Waals surface area contributed by atoms with Crippen LogP contribution in [0.15, 0.2) is 59.4 Å². The Labute approximate surface area is 261 Å². The lowest BCUT2D eigenvalue weighted by Crippen LogP contribution is -2.21. The summed E-state index contributed by atoms with van der Waals surface area (Å²) in [5, 5.41) is 0. The summed E-state index contributed by atoms with van der Waals surface area (Å²) in [6.45, 7) is 10.8. The summed E-state index contributed by atoms with van der Waals surface area (Å²) in [6.07, 6.45) is 26.7. The van der Waals surface area contributed by atoms with Crippen molar-refractivity contribution in [2.75, 3.05) is 6.61 Å². The van der Waals surface area contributed by atoms with Crippen molar-refractivity contribution >= 4 is 17.9 Å². The Morgan fingerprint density at radius 2 is 1.42 bits per heavy atom. The van der Waals surface area contributed by atoms with E-state index in [1.54, 1.807) is 0 Å². The number of carbonyl (C=O) groups is 3. The van der Waals surface area contributed by atoms with Gasteiger partial charge in [0.2, 0.25) is 0 Å². The van der Waals surface area contributed by atoms with E-state index in [9.17, 15) is 14.4 Å². The molecule has 0 aromatic rings. The Balaban J connectivity index is 4.52. The van der Waals surface area contributed by atoms with Crippen molar-refractivity contribution in [1.29, 1.82) is 0 Å². The van der Waals surface area contributed by atoms with E-state index < -0.39 is 18.0 Å². The normalized spacial score (nSPS) is 12.5. The van der Waals surface area contributed by atoms with Gasteiger partial charge in [0.1, 0.15) is 6.10 Å². The second kappa shape index (κ2) is 27.5. The Kier molecular flexibility index (Phi) is 25.4. The number of rotatable bonds is 22. The van der Waals surface area contributed by atoms with E-state index in [1.165, 1.54) is 52.2 Å². The SMILES string of the molecule is CCCCCC=CCC=CCCCCCCCC(=O)OCCC(=COC(C)=O)C(CC=C(C)C#CC=C(C)C)OC(C)=O. The molecule has 0 aliphatic carbocycles. The van der Waals surface area contributed by atoms with Crippen LogP contribution in [0, 0.1) is 11.8 Å². The van der Waals surface area contributed by atoms with Crippen molar-refractivity contribution in [3.05, 3.63) is 59.4 Å². The first-order chi connectivity index (χ1) is 20.6. The molecular weight excluding hydrogens is 540 g/mol. The number of hydrogen-bond donors (Lipinski definition) is 0. The molecule has 0 heterocycles. The molecule has 0 aliphatic rings. The van der Waals surface area contributed by atoms with E-state index in [0.29, 0.717) is 18.4 Å². The molecule has 0 radical (unpaired) electrons. The van der Waals surface area contributed by atoms with Gasteiger partial charge in [0.25, 0.3) is 0 Å². The van der Waals surface area contributed by atoms with Crippen LogP contribution in [0.25, 0.3) is 0 Å². The lowest BCUT2D eigenvalue weighted by molar-refractivity contribution is -0.146. The second-order valence-electron chi connectivity index (χ2n) is 11.0. The van der Waals surface area contributed by atoms with E-state index in [1.807, 2.05) is 32.9 Å². The molecule has 0 saturated carbocycles. The maximum absolute atomic E-state index is 12.3. The van der Waals surface area contributed by atoms with Gasteiger partial charge in [-0.1, -0.05) is 86.8 Å². The molecule has 0 rings (SSSR count). The zero-order valence-electron chi connectivity index (χ0n) is 27.7. The molecule has 0 aliphatic heterocycles. The highest BCUT2D eigenvalue weighted by Crippen LogP contribution is 2.18. The Bertz CT molecular complexity index is 1010. The Hall–Kier alpha value is -3.33. The average molecular weight is 597 g/mol. The minimum absolute atomic E-state index is 0.104. The third-order valence-electron chi connectivity index (χ3n) is 6.35. The maximum Gasteiger partial charge on any atom is 0.307 e. The second-order valence-corrected chi connectivity index (χ2v) is 11.0. The van der Waals surface area contributed by atoms with Crippen LogP contribution < -0.4 is 0 Å². The third kappa shape index (κ3) is 27.3. The number of hydrogen-bond acceptors (Lipinski definition) is 6. The third-order valence-corrected chi connectivity index (χ3v) is 6.35. The highest BCUT2D eigenvalue weighted by molar-refractivity contribution is 5.69. The molecule has 1 atom stereocenters. The highest BCUT2D eigenvalue weighted by atomic mass is 16.6. The van der Waals surface area contributed by atoms with Gasteiger partial charge >= 0.3 is 17.9 Å². The molecular formula is C37H56O6. The van der Waals surface area contributed by atoms with Crippen LogP contribution in [-0.2, 0) is 28.6 Å². The smallest absolute Gasteiger partial charge is 0.307 e. The topological polar surface area (TPSA) is 78.9 Å². The number of esters is 3. The summed E-state index contributed by atoms with van der Waals surface area (Å²) in [7, 11) is 0. The van der Waals surface area contributed by atoms with E-state index in [-0.39, 0.29) is 19.0 Å². The Morgan fingerprint density at radius 1 is 0.767 bits per heavy atom. The number of unbranched alkanes of at least 4 members (excludes halogenated alkanes) is 8. The van der Waals surface area contributed by atoms with Crippen molar-refractivity contribution in [2.45, 2.75) is 138 Å². The van der Waals surface area contributed by atoms with Crippen LogP contribution in [0.4, 0.5) is 0 Å². The molecule has 0 N–H and O–H groups in total. The molecule has 0 amide bonds. The minimum Gasteiger partial charge on any atom is -0.465 e. The molecule has 0 saturated heterocycles. The van der Waals surface area contributed by atoms with Crippen molar-refractivity contribution in [3.63, 3.8) is 0 Å². The first-order valence-electron chi connectivity index (χ1n) is 16.0.